The van der Waals surface area contributed by atoms with Crippen molar-refractivity contribution in [2.75, 3.05) is 6.26 Å². The summed E-state index contributed by atoms with van der Waals surface area (Å²) >= 11 is 6.51. The van der Waals surface area contributed by atoms with Gasteiger partial charge in [0.1, 0.15) is 5.76 Å². The SMILES string of the molecule is CSc1nnc(SCc2nc(-c3ccsc3)oc2C)s1. The molecule has 0 unspecified atom stereocenters. The molecule has 3 aromatic heterocycles. The lowest BCUT2D eigenvalue weighted by atomic mass is 10.3. The molecule has 8 heteroatoms. The third-order valence-electron chi connectivity index (χ3n) is 2.56. The van der Waals surface area contributed by atoms with Crippen molar-refractivity contribution in [3.05, 3.63) is 28.3 Å². The highest BCUT2D eigenvalue weighted by Crippen LogP contribution is 2.31. The first-order chi connectivity index (χ1) is 9.76. The molecule has 20 heavy (non-hydrogen) atoms. The Balaban J connectivity index is 1.71. The van der Waals surface area contributed by atoms with Crippen LogP contribution in [0.2, 0.25) is 0 Å². The fraction of sp³-hybridized carbons (Fsp3) is 0.250. The molecule has 0 spiro atoms. The number of hydrogen-bond donors (Lipinski definition) is 0. The second-order valence-corrected chi connectivity index (χ2v) is 7.89. The minimum absolute atomic E-state index is 0.696. The maximum Gasteiger partial charge on any atom is 0.227 e. The molecule has 3 heterocycles. The minimum atomic E-state index is 0.696. The minimum Gasteiger partial charge on any atom is -0.441 e. The van der Waals surface area contributed by atoms with E-state index in [2.05, 4.69) is 15.2 Å². The van der Waals surface area contributed by atoms with Gasteiger partial charge in [0.15, 0.2) is 8.68 Å². The van der Waals surface area contributed by atoms with Gasteiger partial charge in [-0.15, -0.1) is 10.2 Å². The Morgan fingerprint density at radius 1 is 1.30 bits per heavy atom. The molecule has 104 valence electrons. The second kappa shape index (κ2) is 6.30. The van der Waals surface area contributed by atoms with E-state index in [4.69, 9.17) is 4.42 Å². The fourth-order valence-electron chi connectivity index (χ4n) is 1.54. The van der Waals surface area contributed by atoms with Crippen molar-refractivity contribution in [3.8, 4) is 11.5 Å². The molecule has 0 aromatic carbocycles. The molecule has 0 N–H and O–H groups in total. The number of hydrogen-bond acceptors (Lipinski definition) is 8. The molecule has 0 saturated carbocycles. The van der Waals surface area contributed by atoms with Gasteiger partial charge in [-0.25, -0.2) is 4.98 Å². The smallest absolute Gasteiger partial charge is 0.227 e. The molecule has 0 radical (unpaired) electrons. The summed E-state index contributed by atoms with van der Waals surface area (Å²) in [5.41, 5.74) is 2.01. The van der Waals surface area contributed by atoms with E-state index < -0.39 is 0 Å². The van der Waals surface area contributed by atoms with Crippen LogP contribution in [0, 0.1) is 6.92 Å². The summed E-state index contributed by atoms with van der Waals surface area (Å²) in [6, 6.07) is 2.02. The molecule has 0 aliphatic rings. The Bertz CT molecular complexity index is 689. The number of aromatic nitrogens is 3. The number of thioether (sulfide) groups is 2. The normalized spacial score (nSPS) is 11.1. The van der Waals surface area contributed by atoms with E-state index in [0.29, 0.717) is 5.89 Å². The van der Waals surface area contributed by atoms with Crippen LogP contribution in [-0.4, -0.2) is 21.4 Å². The van der Waals surface area contributed by atoms with E-state index in [1.165, 1.54) is 0 Å². The highest BCUT2D eigenvalue weighted by atomic mass is 32.2. The Morgan fingerprint density at radius 2 is 2.15 bits per heavy atom. The van der Waals surface area contributed by atoms with Crippen LogP contribution < -0.4 is 0 Å². The number of oxazole rings is 1. The molecule has 3 aromatic rings. The predicted octanol–water partition coefficient (Wildman–Crippen LogP) is 4.58. The molecule has 0 aliphatic carbocycles. The van der Waals surface area contributed by atoms with Crippen molar-refractivity contribution in [2.24, 2.45) is 0 Å². The van der Waals surface area contributed by atoms with Gasteiger partial charge in [-0.2, -0.15) is 11.3 Å². The number of nitrogens with zero attached hydrogens (tertiary/aromatic N) is 3. The van der Waals surface area contributed by atoms with E-state index >= 15 is 0 Å². The van der Waals surface area contributed by atoms with E-state index in [9.17, 15) is 0 Å². The first-order valence-electron chi connectivity index (χ1n) is 5.75. The lowest BCUT2D eigenvalue weighted by Gasteiger charge is -1.92. The summed E-state index contributed by atoms with van der Waals surface area (Å²) in [6.45, 7) is 1.95. The van der Waals surface area contributed by atoms with Gasteiger partial charge in [0.05, 0.1) is 5.69 Å². The van der Waals surface area contributed by atoms with Crippen molar-refractivity contribution in [2.45, 2.75) is 21.4 Å². The topological polar surface area (TPSA) is 51.8 Å². The van der Waals surface area contributed by atoms with Crippen molar-refractivity contribution < 1.29 is 4.42 Å². The van der Waals surface area contributed by atoms with E-state index in [1.807, 2.05) is 30.0 Å². The van der Waals surface area contributed by atoms with Crippen LogP contribution >= 0.6 is 46.2 Å². The largest absolute Gasteiger partial charge is 0.441 e. The summed E-state index contributed by atoms with van der Waals surface area (Å²) in [7, 11) is 0. The average Bonchev–Trinajstić information content (AvgIpc) is 3.17. The van der Waals surface area contributed by atoms with Gasteiger partial charge in [0.2, 0.25) is 5.89 Å². The van der Waals surface area contributed by atoms with Crippen LogP contribution in [0.4, 0.5) is 0 Å². The second-order valence-electron chi connectivity index (χ2n) is 3.86. The standard InChI is InChI=1S/C12H11N3OS4/c1-7-9(6-19-12-15-14-11(17-2)20-12)13-10(16-7)8-3-4-18-5-8/h3-5H,6H2,1-2H3. The molecular weight excluding hydrogens is 330 g/mol. The molecule has 4 nitrogen and oxygen atoms in total. The van der Waals surface area contributed by atoms with Gasteiger partial charge in [0.25, 0.3) is 0 Å². The lowest BCUT2D eigenvalue weighted by molar-refractivity contribution is 0.541. The zero-order chi connectivity index (χ0) is 13.9. The van der Waals surface area contributed by atoms with Crippen molar-refractivity contribution >= 4 is 46.2 Å². The van der Waals surface area contributed by atoms with Gasteiger partial charge in [-0.1, -0.05) is 34.9 Å². The van der Waals surface area contributed by atoms with Crippen LogP contribution in [0.1, 0.15) is 11.5 Å². The van der Waals surface area contributed by atoms with Crippen LogP contribution in [0.3, 0.4) is 0 Å². The van der Waals surface area contributed by atoms with E-state index in [0.717, 1.165) is 31.4 Å². The fourth-order valence-corrected chi connectivity index (χ4v) is 4.61. The van der Waals surface area contributed by atoms with Gasteiger partial charge < -0.3 is 4.42 Å². The molecule has 3 rings (SSSR count). The highest BCUT2D eigenvalue weighted by molar-refractivity contribution is 8.02. The van der Waals surface area contributed by atoms with Crippen LogP contribution in [0.5, 0.6) is 0 Å². The first-order valence-corrected chi connectivity index (χ1v) is 9.72. The van der Waals surface area contributed by atoms with Crippen LogP contribution in [0.15, 0.2) is 29.9 Å². The summed E-state index contributed by atoms with van der Waals surface area (Å²) < 4.78 is 7.68. The lowest BCUT2D eigenvalue weighted by Crippen LogP contribution is -1.84. The Morgan fingerprint density at radius 3 is 2.85 bits per heavy atom. The Kier molecular flexibility index (Phi) is 4.45. The van der Waals surface area contributed by atoms with Gasteiger partial charge >= 0.3 is 0 Å². The third kappa shape index (κ3) is 3.08. The van der Waals surface area contributed by atoms with E-state index in [1.54, 1.807) is 46.2 Å². The molecule has 0 amide bonds. The summed E-state index contributed by atoms with van der Waals surface area (Å²) in [6.07, 6.45) is 2.00. The average molecular weight is 342 g/mol. The third-order valence-corrected chi connectivity index (χ3v) is 6.28. The maximum atomic E-state index is 5.72. The first kappa shape index (κ1) is 14.1. The molecule has 0 saturated heterocycles. The monoisotopic (exact) mass is 341 g/mol. The van der Waals surface area contributed by atoms with Gasteiger partial charge in [-0.05, 0) is 24.6 Å². The Hall–Kier alpha value is -0.830. The molecular formula is C12H11N3OS4. The summed E-state index contributed by atoms with van der Waals surface area (Å²) in [5, 5.41) is 12.3. The molecule has 0 atom stereocenters. The van der Waals surface area contributed by atoms with E-state index in [-0.39, 0.29) is 0 Å². The number of aryl methyl sites for hydroxylation is 1. The van der Waals surface area contributed by atoms with Crippen LogP contribution in [0.25, 0.3) is 11.5 Å². The molecule has 0 fully saturated rings. The predicted molar refractivity (Wildman–Crippen MR) is 85.8 cm³/mol. The van der Waals surface area contributed by atoms with Crippen molar-refractivity contribution in [3.63, 3.8) is 0 Å². The van der Waals surface area contributed by atoms with Crippen molar-refractivity contribution in [1.29, 1.82) is 0 Å². The number of thiophene rings is 1. The number of rotatable bonds is 5. The summed E-state index contributed by atoms with van der Waals surface area (Å²) in [5.74, 6) is 2.32. The maximum absolute atomic E-state index is 5.72. The quantitative estimate of drug-likeness (QED) is 0.633. The van der Waals surface area contributed by atoms with Gasteiger partial charge in [-0.3, -0.25) is 0 Å². The molecule has 0 bridgehead atoms. The van der Waals surface area contributed by atoms with Crippen LogP contribution in [-0.2, 0) is 5.75 Å². The van der Waals surface area contributed by atoms with Gasteiger partial charge in [0, 0.05) is 16.7 Å². The zero-order valence-electron chi connectivity index (χ0n) is 10.8. The van der Waals surface area contributed by atoms with Crippen molar-refractivity contribution in [1.82, 2.24) is 15.2 Å². The summed E-state index contributed by atoms with van der Waals surface area (Å²) in [4.78, 5) is 4.56. The Labute approximate surface area is 133 Å². The zero-order valence-corrected chi connectivity index (χ0v) is 14.1. The highest BCUT2D eigenvalue weighted by Gasteiger charge is 2.13. The molecule has 0 aliphatic heterocycles.